The first-order valence-corrected chi connectivity index (χ1v) is 9.92. The number of carbonyl (C=O) groups is 1. The number of hydrogen-bond acceptors (Lipinski definition) is 4. The van der Waals surface area contributed by atoms with Crippen LogP contribution >= 0.6 is 0 Å². The molecule has 7 heteroatoms. The zero-order valence-corrected chi connectivity index (χ0v) is 15.5. The Kier molecular flexibility index (Phi) is 5.98. The quantitative estimate of drug-likeness (QED) is 0.850. The second kappa shape index (κ2) is 7.61. The summed E-state index contributed by atoms with van der Waals surface area (Å²) in [5.41, 5.74) is -0.218. The van der Waals surface area contributed by atoms with Gasteiger partial charge in [0.2, 0.25) is 15.9 Å². The van der Waals surface area contributed by atoms with Gasteiger partial charge in [-0.05, 0) is 45.2 Å². The first-order valence-electron chi connectivity index (χ1n) is 8.48. The van der Waals surface area contributed by atoms with E-state index in [0.717, 1.165) is 12.8 Å². The average Bonchev–Trinajstić information content (AvgIpc) is 2.55. The summed E-state index contributed by atoms with van der Waals surface area (Å²) >= 11 is 0. The number of nitrogens with one attached hydrogen (secondary N) is 1. The van der Waals surface area contributed by atoms with Gasteiger partial charge in [0.25, 0.3) is 0 Å². The zero-order valence-electron chi connectivity index (χ0n) is 14.7. The molecule has 0 bridgehead atoms. The zero-order chi connectivity index (χ0) is 17.8. The van der Waals surface area contributed by atoms with Gasteiger partial charge in [0.1, 0.15) is 4.90 Å². The largest absolute Gasteiger partial charge is 0.351 e. The molecule has 1 amide bonds. The maximum Gasteiger partial charge on any atom is 0.244 e. The van der Waals surface area contributed by atoms with Crippen molar-refractivity contribution in [2.24, 2.45) is 5.92 Å². The number of carbonyl (C=O) groups excluding carboxylic acids is 1. The van der Waals surface area contributed by atoms with Crippen molar-refractivity contribution in [3.8, 4) is 0 Å². The lowest BCUT2D eigenvalue weighted by atomic mass is 9.93. The number of hydrogen-bond donors (Lipinski definition) is 1. The van der Waals surface area contributed by atoms with Crippen LogP contribution in [-0.4, -0.2) is 42.2 Å². The predicted octanol–water partition coefficient (Wildman–Crippen LogP) is 2.18. The van der Waals surface area contributed by atoms with Crippen molar-refractivity contribution >= 4 is 15.9 Å². The number of sulfonamides is 1. The van der Waals surface area contributed by atoms with Crippen molar-refractivity contribution in [2.45, 2.75) is 56.9 Å². The van der Waals surface area contributed by atoms with Crippen LogP contribution < -0.4 is 5.32 Å². The molecule has 0 aliphatic carbocycles. The highest BCUT2D eigenvalue weighted by molar-refractivity contribution is 7.89. The van der Waals surface area contributed by atoms with Crippen molar-refractivity contribution in [2.75, 3.05) is 13.1 Å². The van der Waals surface area contributed by atoms with Crippen LogP contribution in [0.2, 0.25) is 0 Å². The topological polar surface area (TPSA) is 79.4 Å². The Labute approximate surface area is 144 Å². The van der Waals surface area contributed by atoms with Gasteiger partial charge in [-0.2, -0.15) is 4.31 Å². The van der Waals surface area contributed by atoms with Crippen LogP contribution in [0.4, 0.5) is 0 Å². The Hall–Kier alpha value is -1.47. The summed E-state index contributed by atoms with van der Waals surface area (Å²) in [5.74, 6) is -0.0895. The van der Waals surface area contributed by atoms with Gasteiger partial charge < -0.3 is 5.32 Å². The highest BCUT2D eigenvalue weighted by Crippen LogP contribution is 2.24. The van der Waals surface area contributed by atoms with Gasteiger partial charge in [-0.3, -0.25) is 9.78 Å². The average molecular weight is 353 g/mol. The van der Waals surface area contributed by atoms with Crippen LogP contribution in [0.5, 0.6) is 0 Å². The van der Waals surface area contributed by atoms with E-state index in [-0.39, 0.29) is 22.3 Å². The first kappa shape index (κ1) is 18.9. The number of pyridine rings is 1. The van der Waals surface area contributed by atoms with Crippen molar-refractivity contribution in [1.82, 2.24) is 14.6 Å². The van der Waals surface area contributed by atoms with Crippen molar-refractivity contribution in [1.29, 1.82) is 0 Å². The van der Waals surface area contributed by atoms with Gasteiger partial charge in [-0.25, -0.2) is 8.42 Å². The molecule has 1 aliphatic heterocycles. The van der Waals surface area contributed by atoms with Crippen LogP contribution in [0.3, 0.4) is 0 Å². The van der Waals surface area contributed by atoms with Crippen LogP contribution in [0.15, 0.2) is 29.4 Å². The third kappa shape index (κ3) is 4.54. The van der Waals surface area contributed by atoms with E-state index in [1.807, 2.05) is 13.8 Å². The molecule has 0 aromatic carbocycles. The second-order valence-electron chi connectivity index (χ2n) is 6.99. The molecule has 2 heterocycles. The number of nitrogens with zero attached hydrogens (tertiary/aromatic N) is 2. The number of amides is 1. The first-order chi connectivity index (χ1) is 11.3. The maximum absolute atomic E-state index is 12.6. The third-order valence-electron chi connectivity index (χ3n) is 4.43. The SMILES string of the molecule is CCCC(C)(C)NC(=O)C1CCN(S(=O)(=O)c2cccnc2)CC1. The molecule has 1 saturated heterocycles. The van der Waals surface area contributed by atoms with Crippen molar-refractivity contribution in [3.63, 3.8) is 0 Å². The Balaban J connectivity index is 1.95. The molecule has 24 heavy (non-hydrogen) atoms. The lowest BCUT2D eigenvalue weighted by molar-refractivity contribution is -0.127. The molecular formula is C17H27N3O3S. The van der Waals surface area contributed by atoms with E-state index >= 15 is 0 Å². The summed E-state index contributed by atoms with van der Waals surface area (Å²) in [7, 11) is -3.52. The van der Waals surface area contributed by atoms with Gasteiger partial charge in [0.05, 0.1) is 0 Å². The van der Waals surface area contributed by atoms with E-state index in [4.69, 9.17) is 0 Å². The molecule has 0 saturated carbocycles. The highest BCUT2D eigenvalue weighted by Gasteiger charge is 2.33. The van der Waals surface area contributed by atoms with E-state index in [1.54, 1.807) is 18.3 Å². The minimum absolute atomic E-state index is 0.0341. The van der Waals surface area contributed by atoms with Crippen LogP contribution in [0, 0.1) is 5.92 Å². The molecule has 1 aromatic rings. The van der Waals surface area contributed by atoms with Gasteiger partial charge in [-0.15, -0.1) is 0 Å². The van der Waals surface area contributed by atoms with Gasteiger partial charge in [0.15, 0.2) is 0 Å². The number of aromatic nitrogens is 1. The van der Waals surface area contributed by atoms with E-state index in [9.17, 15) is 13.2 Å². The normalized spacial score (nSPS) is 17.6. The molecule has 1 aromatic heterocycles. The van der Waals surface area contributed by atoms with E-state index in [1.165, 1.54) is 10.5 Å². The highest BCUT2D eigenvalue weighted by atomic mass is 32.2. The van der Waals surface area contributed by atoms with Gasteiger partial charge >= 0.3 is 0 Å². The van der Waals surface area contributed by atoms with Crippen LogP contribution in [-0.2, 0) is 14.8 Å². The molecule has 6 nitrogen and oxygen atoms in total. The Bertz CT molecular complexity index is 651. The molecule has 0 atom stereocenters. The fourth-order valence-corrected chi connectivity index (χ4v) is 4.56. The molecule has 2 rings (SSSR count). The number of piperidine rings is 1. The summed E-state index contributed by atoms with van der Waals surface area (Å²) in [6.07, 6.45) is 5.94. The standard InChI is InChI=1S/C17H27N3O3S/c1-4-9-17(2,3)19-16(21)14-7-11-20(12-8-14)24(22,23)15-6-5-10-18-13-15/h5-6,10,13-14H,4,7-9,11-12H2,1-3H3,(H,19,21). The summed E-state index contributed by atoms with van der Waals surface area (Å²) in [6.45, 7) is 6.87. The minimum atomic E-state index is -3.52. The van der Waals surface area contributed by atoms with Gasteiger partial charge in [-0.1, -0.05) is 13.3 Å². The van der Waals surface area contributed by atoms with E-state index in [0.29, 0.717) is 25.9 Å². The molecular weight excluding hydrogens is 326 g/mol. The molecule has 0 unspecified atom stereocenters. The minimum Gasteiger partial charge on any atom is -0.351 e. The van der Waals surface area contributed by atoms with Crippen molar-refractivity contribution < 1.29 is 13.2 Å². The van der Waals surface area contributed by atoms with Gasteiger partial charge in [0, 0.05) is 36.9 Å². The molecule has 134 valence electrons. The Morgan fingerprint density at radius 2 is 2.04 bits per heavy atom. The summed E-state index contributed by atoms with van der Waals surface area (Å²) in [6, 6.07) is 3.16. The lowest BCUT2D eigenvalue weighted by Crippen LogP contribution is -2.49. The third-order valence-corrected chi connectivity index (χ3v) is 6.32. The summed E-state index contributed by atoms with van der Waals surface area (Å²) < 4.78 is 26.6. The van der Waals surface area contributed by atoms with Crippen molar-refractivity contribution in [3.05, 3.63) is 24.5 Å². The molecule has 1 fully saturated rings. The molecule has 1 aliphatic rings. The summed E-state index contributed by atoms with van der Waals surface area (Å²) in [5, 5.41) is 3.10. The van der Waals surface area contributed by atoms with Crippen LogP contribution in [0.25, 0.3) is 0 Å². The lowest BCUT2D eigenvalue weighted by Gasteiger charge is -2.33. The Morgan fingerprint density at radius 1 is 1.38 bits per heavy atom. The fourth-order valence-electron chi connectivity index (χ4n) is 3.13. The number of rotatable bonds is 6. The molecule has 0 spiro atoms. The van der Waals surface area contributed by atoms with E-state index in [2.05, 4.69) is 17.2 Å². The Morgan fingerprint density at radius 3 is 2.58 bits per heavy atom. The molecule has 1 N–H and O–H groups in total. The fraction of sp³-hybridized carbons (Fsp3) is 0.647. The van der Waals surface area contributed by atoms with E-state index < -0.39 is 10.0 Å². The monoisotopic (exact) mass is 353 g/mol. The van der Waals surface area contributed by atoms with Crippen LogP contribution in [0.1, 0.15) is 46.5 Å². The maximum atomic E-state index is 12.6. The second-order valence-corrected chi connectivity index (χ2v) is 8.93. The predicted molar refractivity (Wildman–Crippen MR) is 92.8 cm³/mol. The smallest absolute Gasteiger partial charge is 0.244 e. The summed E-state index contributed by atoms with van der Waals surface area (Å²) in [4.78, 5) is 16.5. The molecule has 0 radical (unpaired) electrons.